The van der Waals surface area contributed by atoms with Crippen LogP contribution in [0, 0.1) is 10.1 Å². The highest BCUT2D eigenvalue weighted by molar-refractivity contribution is 6.30. The molecule has 154 valence electrons. The van der Waals surface area contributed by atoms with Gasteiger partial charge in [0, 0.05) is 43.8 Å². The van der Waals surface area contributed by atoms with Crippen LogP contribution in [0.2, 0.25) is 5.02 Å². The van der Waals surface area contributed by atoms with Gasteiger partial charge in [-0.05, 0) is 29.8 Å². The third-order valence-corrected chi connectivity index (χ3v) is 5.10. The Hall–Kier alpha value is -2.84. The number of carbonyl (C=O) groups excluding carboxylic acids is 1. The van der Waals surface area contributed by atoms with E-state index in [1.807, 2.05) is 34.1 Å². The molecule has 1 N–H and O–H groups in total. The molecule has 1 fully saturated rings. The van der Waals surface area contributed by atoms with Crippen molar-refractivity contribution in [1.82, 2.24) is 10.2 Å². The SMILES string of the molecule is COc1ccc(CNC(=O)CN2CCN(c3ccc(Cl)cc3[N+](=O)[O-])CC2)cc1. The number of methoxy groups -OCH3 is 1. The van der Waals surface area contributed by atoms with Crippen LogP contribution in [0.5, 0.6) is 5.75 Å². The van der Waals surface area contributed by atoms with E-state index in [2.05, 4.69) is 5.32 Å². The van der Waals surface area contributed by atoms with Gasteiger partial charge in [-0.2, -0.15) is 0 Å². The highest BCUT2D eigenvalue weighted by atomic mass is 35.5. The Kier molecular flexibility index (Phi) is 6.90. The molecule has 0 atom stereocenters. The summed E-state index contributed by atoms with van der Waals surface area (Å²) in [7, 11) is 1.61. The van der Waals surface area contributed by atoms with Crippen molar-refractivity contribution in [1.29, 1.82) is 0 Å². The molecule has 29 heavy (non-hydrogen) atoms. The van der Waals surface area contributed by atoms with Gasteiger partial charge >= 0.3 is 0 Å². The summed E-state index contributed by atoms with van der Waals surface area (Å²) in [6.07, 6.45) is 0. The molecular formula is C20H23ClN4O4. The van der Waals surface area contributed by atoms with E-state index in [-0.39, 0.29) is 11.6 Å². The average molecular weight is 419 g/mol. The van der Waals surface area contributed by atoms with Gasteiger partial charge in [0.25, 0.3) is 5.69 Å². The zero-order valence-electron chi connectivity index (χ0n) is 16.1. The van der Waals surface area contributed by atoms with E-state index in [0.717, 1.165) is 11.3 Å². The van der Waals surface area contributed by atoms with Crippen LogP contribution in [-0.2, 0) is 11.3 Å². The fourth-order valence-electron chi connectivity index (χ4n) is 3.26. The van der Waals surface area contributed by atoms with Crippen LogP contribution in [-0.4, -0.2) is 55.6 Å². The molecule has 9 heteroatoms. The van der Waals surface area contributed by atoms with Gasteiger partial charge in [-0.15, -0.1) is 0 Å². The lowest BCUT2D eigenvalue weighted by molar-refractivity contribution is -0.384. The van der Waals surface area contributed by atoms with Gasteiger partial charge in [0.05, 0.1) is 18.6 Å². The summed E-state index contributed by atoms with van der Waals surface area (Å²) in [5.74, 6) is 0.727. The number of nitro benzene ring substituents is 1. The second kappa shape index (κ2) is 9.58. The molecule has 0 bridgehead atoms. The second-order valence-corrected chi connectivity index (χ2v) is 7.21. The van der Waals surface area contributed by atoms with Crippen LogP contribution in [0.15, 0.2) is 42.5 Å². The predicted octanol–water partition coefficient (Wildman–Crippen LogP) is 2.70. The number of rotatable bonds is 7. The summed E-state index contributed by atoms with van der Waals surface area (Å²) in [4.78, 5) is 27.1. The standard InChI is InChI=1S/C20H23ClN4O4/c1-29-17-5-2-15(3-6-17)13-22-20(26)14-23-8-10-24(11-9-23)18-7-4-16(21)12-19(18)25(27)28/h2-7,12H,8-11,13-14H2,1H3,(H,22,26). The van der Waals surface area contributed by atoms with Crippen LogP contribution in [0.4, 0.5) is 11.4 Å². The molecule has 1 aliphatic heterocycles. The number of hydrogen-bond donors (Lipinski definition) is 1. The quantitative estimate of drug-likeness (QED) is 0.549. The van der Waals surface area contributed by atoms with Gasteiger partial charge in [0.1, 0.15) is 11.4 Å². The molecule has 0 saturated carbocycles. The van der Waals surface area contributed by atoms with Crippen molar-refractivity contribution >= 4 is 28.9 Å². The second-order valence-electron chi connectivity index (χ2n) is 6.78. The maximum absolute atomic E-state index is 12.2. The molecule has 1 saturated heterocycles. The molecule has 1 heterocycles. The first-order valence-electron chi connectivity index (χ1n) is 9.27. The number of hydrogen-bond acceptors (Lipinski definition) is 6. The molecule has 0 unspecified atom stereocenters. The minimum absolute atomic E-state index is 0.00295. The Labute approximate surface area is 174 Å². The van der Waals surface area contributed by atoms with Crippen LogP contribution in [0.1, 0.15) is 5.56 Å². The van der Waals surface area contributed by atoms with E-state index in [1.54, 1.807) is 19.2 Å². The predicted molar refractivity (Wildman–Crippen MR) is 112 cm³/mol. The van der Waals surface area contributed by atoms with Crippen LogP contribution in [0.25, 0.3) is 0 Å². The maximum Gasteiger partial charge on any atom is 0.294 e. The first-order valence-corrected chi connectivity index (χ1v) is 9.65. The van der Waals surface area contributed by atoms with E-state index in [9.17, 15) is 14.9 Å². The fraction of sp³-hybridized carbons (Fsp3) is 0.350. The summed E-state index contributed by atoms with van der Waals surface area (Å²) in [5.41, 5.74) is 1.56. The number of amides is 1. The van der Waals surface area contributed by atoms with E-state index in [1.165, 1.54) is 6.07 Å². The monoisotopic (exact) mass is 418 g/mol. The number of ether oxygens (including phenoxy) is 1. The highest BCUT2D eigenvalue weighted by Gasteiger charge is 2.24. The van der Waals surface area contributed by atoms with Crippen molar-refractivity contribution < 1.29 is 14.5 Å². The fourth-order valence-corrected chi connectivity index (χ4v) is 3.43. The lowest BCUT2D eigenvalue weighted by atomic mass is 10.2. The normalized spacial score (nSPS) is 14.5. The number of nitro groups is 1. The number of anilines is 1. The molecular weight excluding hydrogens is 396 g/mol. The van der Waals surface area contributed by atoms with Crippen molar-refractivity contribution in [2.75, 3.05) is 44.7 Å². The van der Waals surface area contributed by atoms with Gasteiger partial charge in [0.2, 0.25) is 5.91 Å². The van der Waals surface area contributed by atoms with Crippen molar-refractivity contribution in [2.24, 2.45) is 0 Å². The van der Waals surface area contributed by atoms with Crippen molar-refractivity contribution in [3.05, 3.63) is 63.2 Å². The summed E-state index contributed by atoms with van der Waals surface area (Å²) in [6, 6.07) is 12.2. The third-order valence-electron chi connectivity index (χ3n) is 4.86. The Balaban J connectivity index is 1.48. The number of benzene rings is 2. The van der Waals surface area contributed by atoms with E-state index < -0.39 is 4.92 Å². The lowest BCUT2D eigenvalue weighted by Gasteiger charge is -2.35. The largest absolute Gasteiger partial charge is 0.497 e. The molecule has 1 aliphatic rings. The molecule has 2 aromatic carbocycles. The summed E-state index contributed by atoms with van der Waals surface area (Å²) in [5, 5.41) is 14.6. The van der Waals surface area contributed by atoms with E-state index >= 15 is 0 Å². The topological polar surface area (TPSA) is 88.0 Å². The molecule has 0 spiro atoms. The van der Waals surface area contributed by atoms with Crippen molar-refractivity contribution in [3.63, 3.8) is 0 Å². The average Bonchev–Trinajstić information content (AvgIpc) is 2.73. The lowest BCUT2D eigenvalue weighted by Crippen LogP contribution is -2.49. The molecule has 0 aromatic heterocycles. The van der Waals surface area contributed by atoms with Gasteiger partial charge in [-0.25, -0.2) is 0 Å². The summed E-state index contributed by atoms with van der Waals surface area (Å²) >= 11 is 5.89. The van der Waals surface area contributed by atoms with Crippen LogP contribution >= 0.6 is 11.6 Å². The van der Waals surface area contributed by atoms with E-state index in [0.29, 0.717) is 50.0 Å². The van der Waals surface area contributed by atoms with Crippen LogP contribution in [0.3, 0.4) is 0 Å². The maximum atomic E-state index is 12.2. The Bertz CT molecular complexity index is 867. The van der Waals surface area contributed by atoms with Crippen molar-refractivity contribution in [3.8, 4) is 5.75 Å². The number of nitrogens with zero attached hydrogens (tertiary/aromatic N) is 3. The Morgan fingerprint density at radius 2 is 1.86 bits per heavy atom. The number of carbonyl (C=O) groups is 1. The van der Waals surface area contributed by atoms with E-state index in [4.69, 9.17) is 16.3 Å². The smallest absolute Gasteiger partial charge is 0.294 e. The zero-order chi connectivity index (χ0) is 20.8. The molecule has 2 aromatic rings. The minimum atomic E-state index is -0.416. The van der Waals surface area contributed by atoms with Gasteiger partial charge in [-0.3, -0.25) is 19.8 Å². The molecule has 0 radical (unpaired) electrons. The summed E-state index contributed by atoms with van der Waals surface area (Å²) in [6.45, 7) is 3.26. The zero-order valence-corrected chi connectivity index (χ0v) is 16.9. The highest BCUT2D eigenvalue weighted by Crippen LogP contribution is 2.31. The summed E-state index contributed by atoms with van der Waals surface area (Å²) < 4.78 is 5.12. The molecule has 8 nitrogen and oxygen atoms in total. The van der Waals surface area contributed by atoms with Crippen molar-refractivity contribution in [2.45, 2.75) is 6.54 Å². The molecule has 3 rings (SSSR count). The minimum Gasteiger partial charge on any atom is -0.497 e. The van der Waals surface area contributed by atoms with Crippen LogP contribution < -0.4 is 15.0 Å². The molecule has 0 aliphatic carbocycles. The third kappa shape index (κ3) is 5.58. The number of nitrogens with one attached hydrogen (secondary N) is 1. The Morgan fingerprint density at radius 1 is 1.17 bits per heavy atom. The first-order chi connectivity index (χ1) is 14.0. The van der Waals surface area contributed by atoms with Gasteiger partial charge in [0.15, 0.2) is 0 Å². The van der Waals surface area contributed by atoms with Gasteiger partial charge < -0.3 is 15.0 Å². The number of piperazine rings is 1. The van der Waals surface area contributed by atoms with Gasteiger partial charge in [-0.1, -0.05) is 23.7 Å². The first kappa shape index (κ1) is 20.9. The number of halogens is 1. The molecule has 1 amide bonds. The Morgan fingerprint density at radius 3 is 2.48 bits per heavy atom.